The van der Waals surface area contributed by atoms with E-state index in [2.05, 4.69) is 15.6 Å². The van der Waals surface area contributed by atoms with Gasteiger partial charge >= 0.3 is 6.09 Å². The Morgan fingerprint density at radius 3 is 2.48 bits per heavy atom. The van der Waals surface area contributed by atoms with Crippen molar-refractivity contribution < 1.29 is 18.7 Å². The first kappa shape index (κ1) is 23.1. The number of halogens is 1. The highest BCUT2D eigenvalue weighted by Gasteiger charge is 2.23. The minimum absolute atomic E-state index is 0. The maximum absolute atomic E-state index is 12.0. The average molecular weight is 493 g/mol. The van der Waals surface area contributed by atoms with Gasteiger partial charge in [-0.15, -0.1) is 24.0 Å². The SMILES string of the molecule is CCNC(=NCC(=O)NCc1ccco1)N1CCN(C(=O)OCC)CC1.I. The number of carbonyl (C=O) groups excluding carboxylic acids is 2. The van der Waals surface area contributed by atoms with Crippen molar-refractivity contribution in [1.82, 2.24) is 20.4 Å². The van der Waals surface area contributed by atoms with E-state index < -0.39 is 0 Å². The van der Waals surface area contributed by atoms with E-state index in [-0.39, 0.29) is 42.5 Å². The molecular weight excluding hydrogens is 465 g/mol. The number of nitrogens with zero attached hydrogens (tertiary/aromatic N) is 3. The van der Waals surface area contributed by atoms with Crippen LogP contribution in [0.15, 0.2) is 27.8 Å². The van der Waals surface area contributed by atoms with Crippen molar-refractivity contribution in [3.8, 4) is 0 Å². The van der Waals surface area contributed by atoms with E-state index in [1.807, 2.05) is 11.8 Å². The van der Waals surface area contributed by atoms with Crippen LogP contribution in [0.4, 0.5) is 4.79 Å². The van der Waals surface area contributed by atoms with Crippen LogP contribution in [0.3, 0.4) is 0 Å². The lowest BCUT2D eigenvalue weighted by Gasteiger charge is -2.35. The van der Waals surface area contributed by atoms with Gasteiger partial charge in [-0.3, -0.25) is 4.79 Å². The molecule has 0 bridgehead atoms. The molecule has 1 fully saturated rings. The average Bonchev–Trinajstić information content (AvgIpc) is 3.17. The van der Waals surface area contributed by atoms with E-state index in [9.17, 15) is 9.59 Å². The molecule has 1 saturated heterocycles. The molecule has 2 N–H and O–H groups in total. The lowest BCUT2D eigenvalue weighted by molar-refractivity contribution is -0.119. The molecule has 1 aliphatic heterocycles. The zero-order valence-corrected chi connectivity index (χ0v) is 18.1. The second kappa shape index (κ2) is 12.4. The highest BCUT2D eigenvalue weighted by Crippen LogP contribution is 2.04. The third-order valence-electron chi connectivity index (χ3n) is 3.85. The molecule has 1 aromatic rings. The summed E-state index contributed by atoms with van der Waals surface area (Å²) < 4.78 is 10.2. The Morgan fingerprint density at radius 2 is 1.89 bits per heavy atom. The minimum Gasteiger partial charge on any atom is -0.467 e. The lowest BCUT2D eigenvalue weighted by Crippen LogP contribution is -2.54. The molecule has 0 aliphatic carbocycles. The van der Waals surface area contributed by atoms with Crippen LogP contribution in [0.25, 0.3) is 0 Å². The summed E-state index contributed by atoms with van der Waals surface area (Å²) in [6, 6.07) is 3.58. The number of aliphatic imine (C=N–C) groups is 1. The summed E-state index contributed by atoms with van der Waals surface area (Å²) in [7, 11) is 0. The van der Waals surface area contributed by atoms with Crippen LogP contribution < -0.4 is 10.6 Å². The Balaban J connectivity index is 0.00000364. The Bertz CT molecular complexity index is 600. The van der Waals surface area contributed by atoms with Gasteiger partial charge in [-0.2, -0.15) is 0 Å². The molecule has 1 aromatic heterocycles. The zero-order valence-electron chi connectivity index (χ0n) is 15.8. The Kier molecular flexibility index (Phi) is 10.6. The second-order valence-corrected chi connectivity index (χ2v) is 5.70. The number of carbonyl (C=O) groups is 2. The molecule has 0 spiro atoms. The van der Waals surface area contributed by atoms with Crippen molar-refractivity contribution in [1.29, 1.82) is 0 Å². The van der Waals surface area contributed by atoms with Gasteiger partial charge in [-0.1, -0.05) is 0 Å². The molecule has 2 heterocycles. The van der Waals surface area contributed by atoms with Crippen molar-refractivity contribution in [2.45, 2.75) is 20.4 Å². The molecule has 0 saturated carbocycles. The number of piperazine rings is 1. The maximum atomic E-state index is 12.0. The molecular formula is C17H28IN5O4. The van der Waals surface area contributed by atoms with Gasteiger partial charge < -0.3 is 29.6 Å². The monoisotopic (exact) mass is 493 g/mol. The smallest absolute Gasteiger partial charge is 0.409 e. The van der Waals surface area contributed by atoms with Gasteiger partial charge in [0.25, 0.3) is 0 Å². The van der Waals surface area contributed by atoms with Gasteiger partial charge in [0.15, 0.2) is 5.96 Å². The largest absolute Gasteiger partial charge is 0.467 e. The highest BCUT2D eigenvalue weighted by molar-refractivity contribution is 14.0. The molecule has 0 aromatic carbocycles. The van der Waals surface area contributed by atoms with Gasteiger partial charge in [0.05, 0.1) is 19.4 Å². The van der Waals surface area contributed by atoms with E-state index >= 15 is 0 Å². The van der Waals surface area contributed by atoms with Crippen molar-refractivity contribution in [3.05, 3.63) is 24.2 Å². The molecule has 2 amide bonds. The minimum atomic E-state index is -0.286. The van der Waals surface area contributed by atoms with Crippen molar-refractivity contribution in [2.75, 3.05) is 45.9 Å². The molecule has 1 aliphatic rings. The molecule has 0 unspecified atom stereocenters. The molecule has 10 heteroatoms. The number of amides is 2. The molecule has 0 atom stereocenters. The van der Waals surface area contributed by atoms with E-state index in [0.717, 1.165) is 0 Å². The first-order valence-corrected chi connectivity index (χ1v) is 8.88. The van der Waals surface area contributed by atoms with Crippen molar-refractivity contribution in [3.63, 3.8) is 0 Å². The van der Waals surface area contributed by atoms with E-state index in [4.69, 9.17) is 9.15 Å². The number of furan rings is 1. The Morgan fingerprint density at radius 1 is 1.19 bits per heavy atom. The number of ether oxygens (including phenoxy) is 1. The van der Waals surface area contributed by atoms with Crippen molar-refractivity contribution in [2.24, 2.45) is 4.99 Å². The second-order valence-electron chi connectivity index (χ2n) is 5.70. The summed E-state index contributed by atoms with van der Waals surface area (Å²) in [5.74, 6) is 1.19. The van der Waals surface area contributed by atoms with Crippen LogP contribution in [-0.4, -0.2) is 73.6 Å². The number of hydrogen-bond acceptors (Lipinski definition) is 5. The van der Waals surface area contributed by atoms with Crippen LogP contribution in [0.1, 0.15) is 19.6 Å². The lowest BCUT2D eigenvalue weighted by atomic mass is 10.3. The summed E-state index contributed by atoms with van der Waals surface area (Å²) in [4.78, 5) is 31.8. The van der Waals surface area contributed by atoms with Gasteiger partial charge in [-0.05, 0) is 26.0 Å². The third kappa shape index (κ3) is 7.65. The summed E-state index contributed by atoms with van der Waals surface area (Å²) in [5, 5.41) is 5.96. The van der Waals surface area contributed by atoms with E-state index in [1.54, 1.807) is 30.2 Å². The fourth-order valence-electron chi connectivity index (χ4n) is 2.54. The number of rotatable bonds is 6. The van der Waals surface area contributed by atoms with Crippen LogP contribution in [0.5, 0.6) is 0 Å². The van der Waals surface area contributed by atoms with Gasteiger partial charge in [0, 0.05) is 32.7 Å². The Hall–Kier alpha value is -1.98. The predicted molar refractivity (Wildman–Crippen MR) is 112 cm³/mol. The maximum Gasteiger partial charge on any atom is 0.409 e. The Labute approximate surface area is 176 Å². The summed E-state index contributed by atoms with van der Waals surface area (Å²) in [6.45, 7) is 7.61. The van der Waals surface area contributed by atoms with Crippen LogP contribution in [-0.2, 0) is 16.1 Å². The van der Waals surface area contributed by atoms with Crippen LogP contribution >= 0.6 is 24.0 Å². The topological polar surface area (TPSA) is 99.4 Å². The third-order valence-corrected chi connectivity index (χ3v) is 3.85. The predicted octanol–water partition coefficient (Wildman–Crippen LogP) is 1.25. The van der Waals surface area contributed by atoms with Crippen LogP contribution in [0, 0.1) is 0 Å². The zero-order chi connectivity index (χ0) is 18.8. The van der Waals surface area contributed by atoms with Crippen LogP contribution in [0.2, 0.25) is 0 Å². The van der Waals surface area contributed by atoms with E-state index in [0.29, 0.717) is 57.6 Å². The van der Waals surface area contributed by atoms with Gasteiger partial charge in [0.2, 0.25) is 5.91 Å². The molecule has 9 nitrogen and oxygen atoms in total. The standard InChI is InChI=1S/C17H27N5O4.HI/c1-3-18-16(20-13-15(23)19-12-14-6-5-11-26-14)21-7-9-22(10-8-21)17(24)25-4-2;/h5-6,11H,3-4,7-10,12-13H2,1-2H3,(H,18,20)(H,19,23);1H. The first-order chi connectivity index (χ1) is 12.6. The van der Waals surface area contributed by atoms with Gasteiger partial charge in [-0.25, -0.2) is 9.79 Å². The summed E-state index contributed by atoms with van der Waals surface area (Å²) in [5.41, 5.74) is 0. The van der Waals surface area contributed by atoms with Crippen molar-refractivity contribution >= 4 is 41.9 Å². The number of hydrogen-bond donors (Lipinski definition) is 2. The normalized spacial score (nSPS) is 14.4. The quantitative estimate of drug-likeness (QED) is 0.352. The first-order valence-electron chi connectivity index (χ1n) is 8.88. The fourth-order valence-corrected chi connectivity index (χ4v) is 2.54. The highest BCUT2D eigenvalue weighted by atomic mass is 127. The molecule has 2 rings (SSSR count). The number of nitrogens with one attached hydrogen (secondary N) is 2. The van der Waals surface area contributed by atoms with Gasteiger partial charge in [0.1, 0.15) is 12.3 Å². The molecule has 0 radical (unpaired) electrons. The summed E-state index contributed by atoms with van der Waals surface area (Å²) >= 11 is 0. The number of guanidine groups is 1. The fraction of sp³-hybridized carbons (Fsp3) is 0.588. The molecule has 152 valence electrons. The summed E-state index contributed by atoms with van der Waals surface area (Å²) in [6.07, 6.45) is 1.28. The molecule has 27 heavy (non-hydrogen) atoms. The van der Waals surface area contributed by atoms with E-state index in [1.165, 1.54) is 0 Å².